The van der Waals surface area contributed by atoms with Crippen molar-refractivity contribution in [3.8, 4) is 11.4 Å². The second-order valence-corrected chi connectivity index (χ2v) is 14.9. The van der Waals surface area contributed by atoms with Crippen LogP contribution in [0.3, 0.4) is 0 Å². The van der Waals surface area contributed by atoms with Gasteiger partial charge in [0.2, 0.25) is 0 Å². The van der Waals surface area contributed by atoms with Gasteiger partial charge in [-0.2, -0.15) is 0 Å². The van der Waals surface area contributed by atoms with E-state index in [-0.39, 0.29) is 0 Å². The molecule has 0 aliphatic rings. The third kappa shape index (κ3) is 3.83. The van der Waals surface area contributed by atoms with E-state index in [9.17, 15) is 0 Å². The molecule has 50 heavy (non-hydrogen) atoms. The third-order valence-electron chi connectivity index (χ3n) is 10.6. The lowest BCUT2D eigenvalue weighted by Gasteiger charge is -2.17. The van der Waals surface area contributed by atoms with Crippen molar-refractivity contribution in [3.05, 3.63) is 167 Å². The normalized spacial score (nSPS) is 12.2. The zero-order valence-electron chi connectivity index (χ0n) is 26.7. The van der Waals surface area contributed by atoms with E-state index in [0.29, 0.717) is 0 Å². The molecule has 4 heteroatoms. The third-order valence-corrected chi connectivity index (χ3v) is 11.8. The molecule has 234 valence electrons. The van der Waals surface area contributed by atoms with Crippen LogP contribution in [0.1, 0.15) is 0 Å². The van der Waals surface area contributed by atoms with Crippen molar-refractivity contribution in [3.63, 3.8) is 0 Å². The van der Waals surface area contributed by atoms with Crippen LogP contribution in [0.15, 0.2) is 167 Å². The van der Waals surface area contributed by atoms with Crippen LogP contribution in [0.25, 0.3) is 98.1 Å². The Morgan fingerprint density at radius 2 is 0.600 bits per heavy atom. The summed E-state index contributed by atoms with van der Waals surface area (Å²) in [6, 6.07) is 57.7. The minimum absolute atomic E-state index is 1.01. The Bertz CT molecular complexity index is 2840. The lowest BCUT2D eigenvalue weighted by Crippen LogP contribution is -2.02. The molecule has 0 saturated heterocycles. The quantitative estimate of drug-likeness (QED) is 0.166. The van der Waals surface area contributed by atoms with Crippen molar-refractivity contribution < 1.29 is 0 Å². The number of rotatable bonds is 2. The highest BCUT2D eigenvalue weighted by atomic mass is 79.9. The summed E-state index contributed by atoms with van der Waals surface area (Å²) >= 11 is 8.22. The van der Waals surface area contributed by atoms with Gasteiger partial charge >= 0.3 is 0 Å². The molecule has 2 aromatic heterocycles. The minimum Gasteiger partial charge on any atom is -0.308 e. The van der Waals surface area contributed by atoms with Crippen LogP contribution in [0, 0.1) is 0 Å². The Morgan fingerprint density at radius 1 is 0.320 bits per heavy atom. The Kier molecular flexibility index (Phi) is 5.99. The molecule has 0 unspecified atom stereocenters. The van der Waals surface area contributed by atoms with Gasteiger partial charge in [-0.3, -0.25) is 0 Å². The van der Waals surface area contributed by atoms with Crippen LogP contribution in [0.4, 0.5) is 0 Å². The largest absolute Gasteiger partial charge is 0.308 e. The lowest BCUT2D eigenvalue weighted by atomic mass is 10.00. The molecule has 0 bridgehead atoms. The number of hydrogen-bond donors (Lipinski definition) is 0. The minimum atomic E-state index is 1.01. The molecule has 0 saturated carbocycles. The summed E-state index contributed by atoms with van der Waals surface area (Å²) in [5.74, 6) is 0. The highest BCUT2D eigenvalue weighted by Crippen LogP contribution is 2.46. The number of aromatic nitrogens is 2. The van der Waals surface area contributed by atoms with Crippen LogP contribution in [0.5, 0.6) is 0 Å². The number of hydrogen-bond acceptors (Lipinski definition) is 0. The molecule has 11 rings (SSSR count). The Morgan fingerprint density at radius 3 is 0.900 bits per heavy atom. The van der Waals surface area contributed by atoms with Crippen molar-refractivity contribution in [1.82, 2.24) is 9.13 Å². The summed E-state index contributed by atoms with van der Waals surface area (Å²) in [5.41, 5.74) is 6.88. The molecular weight excluding hydrogens is 740 g/mol. The maximum Gasteiger partial charge on any atom is 0.0657 e. The Labute approximate surface area is 304 Å². The van der Waals surface area contributed by atoms with Crippen molar-refractivity contribution >= 4 is 119 Å². The fraction of sp³-hybridized carbons (Fsp3) is 0. The molecule has 0 amide bonds. The van der Waals surface area contributed by atoms with Gasteiger partial charge < -0.3 is 9.13 Å². The highest BCUT2D eigenvalue weighted by Gasteiger charge is 2.23. The molecule has 0 fully saturated rings. The van der Waals surface area contributed by atoms with Crippen molar-refractivity contribution in [2.45, 2.75) is 0 Å². The molecule has 0 aliphatic heterocycles. The van der Waals surface area contributed by atoms with E-state index in [1.165, 1.54) is 86.7 Å². The second-order valence-electron chi connectivity index (χ2n) is 13.2. The number of benzene rings is 9. The number of halogens is 2. The van der Waals surface area contributed by atoms with Gasteiger partial charge in [0, 0.05) is 26.0 Å². The smallest absolute Gasteiger partial charge is 0.0657 e. The monoisotopic (exact) mass is 764 g/mol. The maximum absolute atomic E-state index is 4.24. The van der Waals surface area contributed by atoms with E-state index in [2.05, 4.69) is 199 Å². The summed E-state index contributed by atoms with van der Waals surface area (Å²) in [4.78, 5) is 0. The van der Waals surface area contributed by atoms with Gasteiger partial charge in [0.1, 0.15) is 0 Å². The van der Waals surface area contributed by atoms with Gasteiger partial charge in [0.05, 0.1) is 37.9 Å². The summed E-state index contributed by atoms with van der Waals surface area (Å²) in [5, 5.41) is 15.1. The molecule has 11 aromatic rings. The van der Waals surface area contributed by atoms with Crippen LogP contribution in [-0.2, 0) is 0 Å². The van der Waals surface area contributed by atoms with Gasteiger partial charge in [-0.25, -0.2) is 0 Å². The molecule has 2 heterocycles. The average Bonchev–Trinajstić information content (AvgIpc) is 3.69. The van der Waals surface area contributed by atoms with Crippen molar-refractivity contribution in [2.75, 3.05) is 0 Å². The van der Waals surface area contributed by atoms with Crippen LogP contribution >= 0.6 is 31.9 Å². The zero-order valence-corrected chi connectivity index (χ0v) is 29.8. The first-order valence-electron chi connectivity index (χ1n) is 16.8. The van der Waals surface area contributed by atoms with Crippen LogP contribution in [0.2, 0.25) is 0 Å². The van der Waals surface area contributed by atoms with Crippen LogP contribution in [-0.4, -0.2) is 9.13 Å². The van der Waals surface area contributed by atoms with Gasteiger partial charge in [0.25, 0.3) is 0 Å². The first-order chi connectivity index (χ1) is 24.7. The van der Waals surface area contributed by atoms with Crippen molar-refractivity contribution in [1.29, 1.82) is 0 Å². The van der Waals surface area contributed by atoms with Gasteiger partial charge in [-0.05, 0) is 95.4 Å². The predicted octanol–water partition coefficient (Wildman–Crippen LogP) is 14.0. The average molecular weight is 767 g/mol. The van der Waals surface area contributed by atoms with Gasteiger partial charge in [-0.15, -0.1) is 0 Å². The van der Waals surface area contributed by atoms with E-state index in [1.807, 2.05) is 0 Å². The first kappa shape index (κ1) is 28.4. The summed E-state index contributed by atoms with van der Waals surface area (Å²) in [7, 11) is 0. The fourth-order valence-electron chi connectivity index (χ4n) is 8.50. The summed E-state index contributed by atoms with van der Waals surface area (Å²) < 4.78 is 6.93. The maximum atomic E-state index is 4.24. The molecule has 0 aliphatic carbocycles. The highest BCUT2D eigenvalue weighted by molar-refractivity contribution is 9.11. The fourth-order valence-corrected chi connectivity index (χ4v) is 9.52. The molecule has 0 radical (unpaired) electrons. The molecule has 2 nitrogen and oxygen atoms in total. The topological polar surface area (TPSA) is 9.86 Å². The van der Waals surface area contributed by atoms with E-state index in [4.69, 9.17) is 0 Å². The van der Waals surface area contributed by atoms with E-state index < -0.39 is 0 Å². The number of nitrogens with zero attached hydrogens (tertiary/aromatic N) is 2. The standard InChI is InChI=1S/C46H26Br2N2/c47-31-25-40(49-36-21-17-27-9-1-5-13-32(27)42(36)43-33-14-6-2-10-28(33)18-22-37(43)49)46(48)41(26-31)50-38-23-19-29-11-3-7-15-34(29)44(38)45-35-16-8-4-12-30(35)20-24-39(45)50/h1-26H. The van der Waals surface area contributed by atoms with Crippen LogP contribution < -0.4 is 0 Å². The Hall–Kier alpha value is -5.42. The van der Waals surface area contributed by atoms with E-state index >= 15 is 0 Å². The van der Waals surface area contributed by atoms with Crippen molar-refractivity contribution in [2.24, 2.45) is 0 Å². The van der Waals surface area contributed by atoms with Gasteiger partial charge in [0.15, 0.2) is 0 Å². The SMILES string of the molecule is Brc1cc(-n2c3ccc4ccccc4c3c3c4ccccc4ccc32)c(Br)c(-n2c3ccc4ccccc4c3c3c4ccccc4ccc32)c1. The molecule has 9 aromatic carbocycles. The summed E-state index contributed by atoms with van der Waals surface area (Å²) in [6.07, 6.45) is 0. The molecular formula is C46H26Br2N2. The Balaban J connectivity index is 1.31. The van der Waals surface area contributed by atoms with E-state index in [1.54, 1.807) is 0 Å². The first-order valence-corrected chi connectivity index (χ1v) is 18.4. The second kappa shape index (κ2) is 10.5. The molecule has 0 spiro atoms. The molecule has 0 N–H and O–H groups in total. The zero-order chi connectivity index (χ0) is 33.1. The van der Waals surface area contributed by atoms with E-state index in [0.717, 1.165) is 20.3 Å². The lowest BCUT2D eigenvalue weighted by molar-refractivity contribution is 1.11. The predicted molar refractivity (Wildman–Crippen MR) is 221 cm³/mol. The number of fused-ring (bicyclic) bond motifs is 14. The molecule has 0 atom stereocenters. The van der Waals surface area contributed by atoms with Gasteiger partial charge in [-0.1, -0.05) is 137 Å². The summed E-state index contributed by atoms with van der Waals surface area (Å²) in [6.45, 7) is 0.